The number of halogens is 2. The highest BCUT2D eigenvalue weighted by atomic mass is 19.1. The summed E-state index contributed by atoms with van der Waals surface area (Å²) in [5, 5.41) is 19.8. The second-order valence-corrected chi connectivity index (χ2v) is 4.01. The van der Waals surface area contributed by atoms with E-state index < -0.39 is 23.8 Å². The van der Waals surface area contributed by atoms with E-state index in [1.54, 1.807) is 6.07 Å². The van der Waals surface area contributed by atoms with Crippen LogP contribution < -0.4 is 0 Å². The van der Waals surface area contributed by atoms with E-state index in [1.807, 2.05) is 0 Å². The zero-order valence-corrected chi connectivity index (χ0v) is 9.48. The first-order chi connectivity index (χ1) is 8.58. The molecular weight excluding hydrogens is 238 g/mol. The van der Waals surface area contributed by atoms with Crippen molar-refractivity contribution in [3.63, 3.8) is 0 Å². The van der Waals surface area contributed by atoms with Crippen LogP contribution in [0.25, 0.3) is 0 Å². The van der Waals surface area contributed by atoms with Gasteiger partial charge in [-0.15, -0.1) is 0 Å². The van der Waals surface area contributed by atoms with Gasteiger partial charge in [-0.05, 0) is 23.8 Å². The third-order valence-corrected chi connectivity index (χ3v) is 2.87. The first-order valence-electron chi connectivity index (χ1n) is 5.42. The lowest BCUT2D eigenvalue weighted by Gasteiger charge is -2.27. The van der Waals surface area contributed by atoms with Crippen LogP contribution in [-0.4, -0.2) is 16.8 Å². The Hall–Kier alpha value is -1.78. The SMILES string of the molecule is OC[C@](O)(c1ccc(F)cc1)c1ccccc1F. The van der Waals surface area contributed by atoms with Gasteiger partial charge in [-0.1, -0.05) is 30.3 Å². The second kappa shape index (κ2) is 4.84. The van der Waals surface area contributed by atoms with E-state index in [9.17, 15) is 19.0 Å². The maximum Gasteiger partial charge on any atom is 0.140 e. The van der Waals surface area contributed by atoms with E-state index in [0.717, 1.165) is 12.1 Å². The summed E-state index contributed by atoms with van der Waals surface area (Å²) >= 11 is 0. The molecule has 0 aromatic heterocycles. The third-order valence-electron chi connectivity index (χ3n) is 2.87. The summed E-state index contributed by atoms with van der Waals surface area (Å²) in [6, 6.07) is 10.6. The zero-order valence-electron chi connectivity index (χ0n) is 9.48. The van der Waals surface area contributed by atoms with Crippen LogP contribution in [0.4, 0.5) is 8.78 Å². The van der Waals surface area contributed by atoms with Crippen molar-refractivity contribution >= 4 is 0 Å². The molecule has 2 rings (SSSR count). The summed E-state index contributed by atoms with van der Waals surface area (Å²) < 4.78 is 26.5. The van der Waals surface area contributed by atoms with Crippen LogP contribution in [-0.2, 0) is 5.60 Å². The molecule has 0 bridgehead atoms. The van der Waals surface area contributed by atoms with E-state index in [-0.39, 0.29) is 11.1 Å². The predicted molar refractivity (Wildman–Crippen MR) is 62.9 cm³/mol. The molecule has 0 saturated heterocycles. The fourth-order valence-corrected chi connectivity index (χ4v) is 1.85. The quantitative estimate of drug-likeness (QED) is 0.876. The molecule has 2 aromatic carbocycles. The number of aliphatic hydroxyl groups excluding tert-OH is 1. The van der Waals surface area contributed by atoms with Crippen molar-refractivity contribution in [1.29, 1.82) is 0 Å². The molecule has 2 nitrogen and oxygen atoms in total. The fourth-order valence-electron chi connectivity index (χ4n) is 1.85. The third kappa shape index (κ3) is 2.12. The molecule has 2 aromatic rings. The molecule has 0 spiro atoms. The molecule has 2 N–H and O–H groups in total. The number of benzene rings is 2. The van der Waals surface area contributed by atoms with Gasteiger partial charge in [0.15, 0.2) is 0 Å². The Labute approximate surface area is 103 Å². The standard InChI is InChI=1S/C14H12F2O2/c15-11-7-5-10(6-8-11)14(18,9-17)12-3-1-2-4-13(12)16/h1-8,17-18H,9H2/t14-/m0/s1. The molecule has 4 heteroatoms. The second-order valence-electron chi connectivity index (χ2n) is 4.01. The Morgan fingerprint density at radius 3 is 2.11 bits per heavy atom. The molecule has 0 fully saturated rings. The van der Waals surface area contributed by atoms with Crippen LogP contribution in [0.15, 0.2) is 48.5 Å². The molecule has 18 heavy (non-hydrogen) atoms. The summed E-state index contributed by atoms with van der Waals surface area (Å²) in [5.41, 5.74) is -1.69. The number of aliphatic hydroxyl groups is 2. The first-order valence-corrected chi connectivity index (χ1v) is 5.42. The smallest absolute Gasteiger partial charge is 0.140 e. The Morgan fingerprint density at radius 1 is 0.944 bits per heavy atom. The molecule has 0 aliphatic rings. The van der Waals surface area contributed by atoms with Crippen molar-refractivity contribution in [3.05, 3.63) is 71.3 Å². The van der Waals surface area contributed by atoms with Gasteiger partial charge in [-0.25, -0.2) is 8.78 Å². The average Bonchev–Trinajstić information content (AvgIpc) is 2.39. The molecule has 0 amide bonds. The first kappa shape index (κ1) is 12.7. The summed E-state index contributed by atoms with van der Waals surface area (Å²) in [6.45, 7) is -0.695. The molecule has 0 aliphatic carbocycles. The summed E-state index contributed by atoms with van der Waals surface area (Å²) in [7, 11) is 0. The molecule has 0 radical (unpaired) electrons. The maximum absolute atomic E-state index is 13.7. The summed E-state index contributed by atoms with van der Waals surface area (Å²) in [4.78, 5) is 0. The minimum Gasteiger partial charge on any atom is -0.393 e. The van der Waals surface area contributed by atoms with E-state index in [4.69, 9.17) is 0 Å². The summed E-state index contributed by atoms with van der Waals surface area (Å²) in [5.74, 6) is -1.09. The minimum atomic E-state index is -1.88. The Morgan fingerprint density at radius 2 is 1.56 bits per heavy atom. The van der Waals surface area contributed by atoms with Crippen molar-refractivity contribution in [2.75, 3.05) is 6.61 Å². The van der Waals surface area contributed by atoms with Gasteiger partial charge >= 0.3 is 0 Å². The lowest BCUT2D eigenvalue weighted by molar-refractivity contribution is 0.0144. The van der Waals surface area contributed by atoms with Crippen LogP contribution >= 0.6 is 0 Å². The highest BCUT2D eigenvalue weighted by molar-refractivity contribution is 5.37. The van der Waals surface area contributed by atoms with Crippen LogP contribution in [0, 0.1) is 11.6 Å². The van der Waals surface area contributed by atoms with Crippen LogP contribution in [0.5, 0.6) is 0 Å². The Bertz CT molecular complexity index is 540. The Balaban J connectivity index is 2.55. The largest absolute Gasteiger partial charge is 0.393 e. The van der Waals surface area contributed by atoms with Crippen molar-refractivity contribution in [2.45, 2.75) is 5.60 Å². The van der Waals surface area contributed by atoms with Gasteiger partial charge in [0.05, 0.1) is 6.61 Å². The predicted octanol–water partition coefficient (Wildman–Crippen LogP) is 2.19. The molecule has 0 heterocycles. The summed E-state index contributed by atoms with van der Waals surface area (Å²) in [6.07, 6.45) is 0. The van der Waals surface area contributed by atoms with Crippen LogP contribution in [0.1, 0.15) is 11.1 Å². The highest BCUT2D eigenvalue weighted by Gasteiger charge is 2.33. The van der Waals surface area contributed by atoms with Gasteiger partial charge in [0, 0.05) is 5.56 Å². The number of rotatable bonds is 3. The maximum atomic E-state index is 13.7. The lowest BCUT2D eigenvalue weighted by atomic mass is 9.87. The van der Waals surface area contributed by atoms with Crippen LogP contribution in [0.2, 0.25) is 0 Å². The molecular formula is C14H12F2O2. The zero-order chi connectivity index (χ0) is 13.2. The van der Waals surface area contributed by atoms with Crippen molar-refractivity contribution < 1.29 is 19.0 Å². The van der Waals surface area contributed by atoms with Gasteiger partial charge in [-0.3, -0.25) is 0 Å². The fraction of sp³-hybridized carbons (Fsp3) is 0.143. The highest BCUT2D eigenvalue weighted by Crippen LogP contribution is 2.30. The average molecular weight is 250 g/mol. The normalized spacial score (nSPS) is 14.2. The molecule has 0 saturated carbocycles. The lowest BCUT2D eigenvalue weighted by Crippen LogP contribution is -2.32. The van der Waals surface area contributed by atoms with E-state index in [1.165, 1.54) is 30.3 Å². The van der Waals surface area contributed by atoms with Gasteiger partial charge in [-0.2, -0.15) is 0 Å². The van der Waals surface area contributed by atoms with Gasteiger partial charge in [0.1, 0.15) is 17.2 Å². The van der Waals surface area contributed by atoms with Crippen molar-refractivity contribution in [1.82, 2.24) is 0 Å². The molecule has 94 valence electrons. The van der Waals surface area contributed by atoms with Gasteiger partial charge in [0.25, 0.3) is 0 Å². The van der Waals surface area contributed by atoms with E-state index in [2.05, 4.69) is 0 Å². The number of hydrogen-bond donors (Lipinski definition) is 2. The van der Waals surface area contributed by atoms with Crippen LogP contribution in [0.3, 0.4) is 0 Å². The topological polar surface area (TPSA) is 40.5 Å². The van der Waals surface area contributed by atoms with Crippen molar-refractivity contribution in [3.8, 4) is 0 Å². The van der Waals surface area contributed by atoms with Gasteiger partial charge < -0.3 is 10.2 Å². The molecule has 1 atom stereocenters. The van der Waals surface area contributed by atoms with E-state index >= 15 is 0 Å². The minimum absolute atomic E-state index is 0.0425. The molecule has 0 unspecified atom stereocenters. The monoisotopic (exact) mass is 250 g/mol. The molecule has 0 aliphatic heterocycles. The van der Waals surface area contributed by atoms with Gasteiger partial charge in [0.2, 0.25) is 0 Å². The Kier molecular flexibility index (Phi) is 3.41. The van der Waals surface area contributed by atoms with Crippen molar-refractivity contribution in [2.24, 2.45) is 0 Å². The number of hydrogen-bond acceptors (Lipinski definition) is 2. The van der Waals surface area contributed by atoms with E-state index in [0.29, 0.717) is 0 Å².